The SMILES string of the molecule is CC1CN(c2cccc(Nc3ncc4c(=O)c(C(=O)O)cn(-c5ccc6c(c5)CCC6)c4n3)c2)CC(C)N1. The molecule has 1 fully saturated rings. The molecule has 1 aliphatic heterocycles. The summed E-state index contributed by atoms with van der Waals surface area (Å²) in [6.07, 6.45) is 5.91. The van der Waals surface area contributed by atoms with Crippen molar-refractivity contribution in [2.75, 3.05) is 23.3 Å². The Labute approximate surface area is 220 Å². The predicted molar refractivity (Wildman–Crippen MR) is 148 cm³/mol. The van der Waals surface area contributed by atoms with E-state index in [0.717, 1.165) is 49.4 Å². The molecule has 3 heterocycles. The summed E-state index contributed by atoms with van der Waals surface area (Å²) in [5, 5.41) is 16.7. The number of nitrogens with one attached hydrogen (secondary N) is 2. The molecule has 2 aliphatic rings. The van der Waals surface area contributed by atoms with Gasteiger partial charge in [0, 0.05) is 54.6 Å². The second-order valence-electron chi connectivity index (χ2n) is 10.3. The van der Waals surface area contributed by atoms with Crippen molar-refractivity contribution in [3.8, 4) is 5.69 Å². The van der Waals surface area contributed by atoms with Crippen LogP contribution in [0, 0.1) is 0 Å². The van der Waals surface area contributed by atoms with Gasteiger partial charge in [0.15, 0.2) is 5.65 Å². The van der Waals surface area contributed by atoms with Crippen LogP contribution in [0.3, 0.4) is 0 Å². The molecule has 0 amide bonds. The van der Waals surface area contributed by atoms with Crippen molar-refractivity contribution in [2.24, 2.45) is 0 Å². The maximum Gasteiger partial charge on any atom is 0.341 e. The fourth-order valence-electron chi connectivity index (χ4n) is 5.68. The van der Waals surface area contributed by atoms with Crippen molar-refractivity contribution in [2.45, 2.75) is 45.2 Å². The number of aromatic carboxylic acids is 1. The van der Waals surface area contributed by atoms with Crippen molar-refractivity contribution >= 4 is 34.3 Å². The summed E-state index contributed by atoms with van der Waals surface area (Å²) in [6.45, 7) is 6.20. The van der Waals surface area contributed by atoms with Crippen LogP contribution in [-0.4, -0.2) is 50.8 Å². The molecule has 3 N–H and O–H groups in total. The molecule has 2 unspecified atom stereocenters. The quantitative estimate of drug-likeness (QED) is 0.371. The molecule has 38 heavy (non-hydrogen) atoms. The van der Waals surface area contributed by atoms with Crippen molar-refractivity contribution in [1.29, 1.82) is 0 Å². The highest BCUT2D eigenvalue weighted by atomic mass is 16.4. The lowest BCUT2D eigenvalue weighted by atomic mass is 10.1. The number of anilines is 3. The standard InChI is InChI=1S/C29H30N6O3/c1-17-14-34(15-18(2)31-17)22-8-4-7-21(12-22)32-29-30-13-24-26(36)25(28(37)38)16-35(27(24)33-29)23-10-9-19-5-3-6-20(19)11-23/h4,7-13,16-18,31H,3,5-6,14-15H2,1-2H3,(H,37,38)(H,30,32,33). The normalized spacial score (nSPS) is 18.9. The Bertz CT molecular complexity index is 1600. The molecule has 2 aromatic heterocycles. The molecule has 2 atom stereocenters. The minimum atomic E-state index is -1.28. The molecular formula is C29H30N6O3. The molecule has 194 valence electrons. The molecule has 0 radical (unpaired) electrons. The van der Waals surface area contributed by atoms with E-state index in [4.69, 9.17) is 4.98 Å². The summed E-state index contributed by atoms with van der Waals surface area (Å²) >= 11 is 0. The van der Waals surface area contributed by atoms with E-state index >= 15 is 0 Å². The molecule has 0 bridgehead atoms. The predicted octanol–water partition coefficient (Wildman–Crippen LogP) is 3.90. The highest BCUT2D eigenvalue weighted by Crippen LogP contribution is 2.27. The Morgan fingerprint density at radius 3 is 2.63 bits per heavy atom. The fourth-order valence-corrected chi connectivity index (χ4v) is 5.68. The Balaban J connectivity index is 1.40. The van der Waals surface area contributed by atoms with Crippen LogP contribution in [0.2, 0.25) is 0 Å². The number of fused-ring (bicyclic) bond motifs is 2. The second kappa shape index (κ2) is 9.57. The summed E-state index contributed by atoms with van der Waals surface area (Å²) in [5.41, 5.74) is 4.71. The van der Waals surface area contributed by atoms with Crippen LogP contribution in [0.25, 0.3) is 16.7 Å². The van der Waals surface area contributed by atoms with Gasteiger partial charge in [0.2, 0.25) is 11.4 Å². The average molecular weight is 511 g/mol. The third-order valence-electron chi connectivity index (χ3n) is 7.36. The van der Waals surface area contributed by atoms with Crippen LogP contribution in [-0.2, 0) is 12.8 Å². The van der Waals surface area contributed by atoms with Crippen LogP contribution in [0.15, 0.2) is 59.7 Å². The van der Waals surface area contributed by atoms with Gasteiger partial charge in [-0.05, 0) is 74.6 Å². The number of carboxylic acids is 1. The number of hydrogen-bond acceptors (Lipinski definition) is 7. The van der Waals surface area contributed by atoms with Gasteiger partial charge in [-0.3, -0.25) is 4.79 Å². The zero-order chi connectivity index (χ0) is 26.4. The Morgan fingerprint density at radius 1 is 1.05 bits per heavy atom. The first-order valence-electron chi connectivity index (χ1n) is 13.0. The number of rotatable bonds is 5. The van der Waals surface area contributed by atoms with E-state index in [1.807, 2.05) is 18.2 Å². The van der Waals surface area contributed by atoms with E-state index in [1.54, 1.807) is 4.57 Å². The number of aromatic nitrogens is 3. The van der Waals surface area contributed by atoms with Crippen LogP contribution in [0.1, 0.15) is 41.8 Å². The number of aryl methyl sites for hydroxylation is 2. The van der Waals surface area contributed by atoms with Crippen molar-refractivity contribution in [3.63, 3.8) is 0 Å². The number of hydrogen-bond donors (Lipinski definition) is 3. The number of carboxylic acid groups (broad SMARTS) is 1. The van der Waals surface area contributed by atoms with E-state index < -0.39 is 11.4 Å². The van der Waals surface area contributed by atoms with Crippen molar-refractivity contribution in [3.05, 3.63) is 81.8 Å². The van der Waals surface area contributed by atoms with E-state index in [9.17, 15) is 14.7 Å². The highest BCUT2D eigenvalue weighted by molar-refractivity contribution is 5.92. The lowest BCUT2D eigenvalue weighted by molar-refractivity contribution is 0.0695. The van der Waals surface area contributed by atoms with E-state index in [-0.39, 0.29) is 10.9 Å². The molecule has 0 saturated carbocycles. The summed E-state index contributed by atoms with van der Waals surface area (Å²) in [4.78, 5) is 36.3. The molecule has 1 aliphatic carbocycles. The van der Waals surface area contributed by atoms with E-state index in [0.29, 0.717) is 23.7 Å². The first-order valence-corrected chi connectivity index (χ1v) is 13.0. The monoisotopic (exact) mass is 510 g/mol. The van der Waals surface area contributed by atoms with E-state index in [1.165, 1.54) is 23.5 Å². The zero-order valence-electron chi connectivity index (χ0n) is 21.4. The van der Waals surface area contributed by atoms with Gasteiger partial charge in [-0.15, -0.1) is 0 Å². The van der Waals surface area contributed by atoms with Gasteiger partial charge in [-0.25, -0.2) is 9.78 Å². The zero-order valence-corrected chi connectivity index (χ0v) is 21.4. The smallest absolute Gasteiger partial charge is 0.341 e. The van der Waals surface area contributed by atoms with Crippen LogP contribution in [0.5, 0.6) is 0 Å². The second-order valence-corrected chi connectivity index (χ2v) is 10.3. The molecule has 1 saturated heterocycles. The van der Waals surface area contributed by atoms with Gasteiger partial charge >= 0.3 is 5.97 Å². The largest absolute Gasteiger partial charge is 0.477 e. The Morgan fingerprint density at radius 2 is 1.84 bits per heavy atom. The Hall–Kier alpha value is -4.24. The maximum absolute atomic E-state index is 13.0. The lowest BCUT2D eigenvalue weighted by Crippen LogP contribution is -2.54. The molecule has 9 heteroatoms. The minimum Gasteiger partial charge on any atom is -0.477 e. The number of piperazine rings is 1. The van der Waals surface area contributed by atoms with E-state index in [2.05, 4.69) is 58.6 Å². The van der Waals surface area contributed by atoms with Gasteiger partial charge in [0.25, 0.3) is 0 Å². The number of nitrogens with zero attached hydrogens (tertiary/aromatic N) is 4. The maximum atomic E-state index is 13.0. The lowest BCUT2D eigenvalue weighted by Gasteiger charge is -2.37. The summed E-state index contributed by atoms with van der Waals surface area (Å²) < 4.78 is 1.69. The van der Waals surface area contributed by atoms with Gasteiger partial charge < -0.3 is 25.2 Å². The highest BCUT2D eigenvalue weighted by Gasteiger charge is 2.22. The van der Waals surface area contributed by atoms with Gasteiger partial charge in [0.05, 0.1) is 5.39 Å². The molecule has 0 spiro atoms. The van der Waals surface area contributed by atoms with Crippen LogP contribution < -0.4 is 21.0 Å². The van der Waals surface area contributed by atoms with Crippen molar-refractivity contribution in [1.82, 2.24) is 19.9 Å². The van der Waals surface area contributed by atoms with Gasteiger partial charge in [-0.1, -0.05) is 12.1 Å². The van der Waals surface area contributed by atoms with Gasteiger partial charge in [0.1, 0.15) is 5.56 Å². The number of benzene rings is 2. The molecule has 2 aromatic carbocycles. The van der Waals surface area contributed by atoms with Crippen LogP contribution >= 0.6 is 0 Å². The van der Waals surface area contributed by atoms with Crippen molar-refractivity contribution < 1.29 is 9.90 Å². The third kappa shape index (κ3) is 4.50. The van der Waals surface area contributed by atoms with Crippen LogP contribution in [0.4, 0.5) is 17.3 Å². The summed E-state index contributed by atoms with van der Waals surface area (Å²) in [5.74, 6) is -0.948. The average Bonchev–Trinajstić information content (AvgIpc) is 3.36. The summed E-state index contributed by atoms with van der Waals surface area (Å²) in [7, 11) is 0. The number of carbonyl (C=O) groups is 1. The first-order chi connectivity index (χ1) is 18.4. The molecule has 4 aromatic rings. The number of pyridine rings is 1. The molecule has 6 rings (SSSR count). The molecular weight excluding hydrogens is 480 g/mol. The first kappa shape index (κ1) is 24.1. The third-order valence-corrected chi connectivity index (χ3v) is 7.36. The molecule has 9 nitrogen and oxygen atoms in total. The summed E-state index contributed by atoms with van der Waals surface area (Å²) in [6, 6.07) is 15.0. The minimum absolute atomic E-state index is 0.161. The fraction of sp³-hybridized carbons (Fsp3) is 0.310. The topological polar surface area (TPSA) is 112 Å². The van der Waals surface area contributed by atoms with Gasteiger partial charge in [-0.2, -0.15) is 4.98 Å². The Kier molecular flexibility index (Phi) is 6.07.